The van der Waals surface area contributed by atoms with E-state index in [1.165, 1.54) is 38.5 Å². The van der Waals surface area contributed by atoms with E-state index in [-0.39, 0.29) is 0 Å². The molecule has 14 heavy (non-hydrogen) atoms. The summed E-state index contributed by atoms with van der Waals surface area (Å²) >= 11 is 4.42. The van der Waals surface area contributed by atoms with Crippen molar-refractivity contribution < 1.29 is 0 Å². The zero-order chi connectivity index (χ0) is 10.6. The third-order valence-electron chi connectivity index (χ3n) is 4.43. The lowest BCUT2D eigenvalue weighted by molar-refractivity contribution is 0.0493. The van der Waals surface area contributed by atoms with Crippen LogP contribution in [0.4, 0.5) is 0 Å². The Labute approximate surface area is 95.3 Å². The highest BCUT2D eigenvalue weighted by molar-refractivity contribution is 7.80. The summed E-state index contributed by atoms with van der Waals surface area (Å²) in [6.45, 7) is 7.23. The first-order chi connectivity index (χ1) is 6.68. The topological polar surface area (TPSA) is 0 Å². The van der Waals surface area contributed by atoms with Crippen molar-refractivity contribution >= 4 is 12.6 Å². The van der Waals surface area contributed by atoms with E-state index in [1.54, 1.807) is 0 Å². The molecule has 1 aliphatic rings. The Morgan fingerprint density at radius 2 is 2.00 bits per heavy atom. The van der Waals surface area contributed by atoms with Gasteiger partial charge in [-0.3, -0.25) is 0 Å². The second-order valence-corrected chi connectivity index (χ2v) is 5.65. The largest absolute Gasteiger partial charge is 0.179 e. The van der Waals surface area contributed by atoms with E-state index in [4.69, 9.17) is 0 Å². The van der Waals surface area contributed by atoms with Gasteiger partial charge < -0.3 is 0 Å². The Bertz CT molecular complexity index is 163. The molecule has 0 aromatic rings. The van der Waals surface area contributed by atoms with Crippen LogP contribution in [0.25, 0.3) is 0 Å². The zero-order valence-electron chi connectivity index (χ0n) is 10.1. The third kappa shape index (κ3) is 2.48. The number of hydrogen-bond donors (Lipinski definition) is 1. The van der Waals surface area contributed by atoms with Crippen molar-refractivity contribution in [2.24, 2.45) is 17.3 Å². The SMILES string of the molecule is CCC1CCCC(C)(CCS)C1CC. The van der Waals surface area contributed by atoms with Gasteiger partial charge in [0.1, 0.15) is 0 Å². The van der Waals surface area contributed by atoms with Gasteiger partial charge in [0.05, 0.1) is 0 Å². The van der Waals surface area contributed by atoms with Gasteiger partial charge in [-0.1, -0.05) is 46.5 Å². The smallest absolute Gasteiger partial charge is 0.00926 e. The Hall–Kier alpha value is 0.350. The van der Waals surface area contributed by atoms with E-state index in [2.05, 4.69) is 33.4 Å². The van der Waals surface area contributed by atoms with Crippen LogP contribution in [0.5, 0.6) is 0 Å². The van der Waals surface area contributed by atoms with Crippen molar-refractivity contribution in [3.05, 3.63) is 0 Å². The monoisotopic (exact) mass is 214 g/mol. The third-order valence-corrected chi connectivity index (χ3v) is 4.66. The second kappa shape index (κ2) is 5.44. The van der Waals surface area contributed by atoms with Crippen LogP contribution in [0.1, 0.15) is 59.3 Å². The number of rotatable bonds is 4. The average molecular weight is 214 g/mol. The molecule has 0 heterocycles. The summed E-state index contributed by atoms with van der Waals surface area (Å²) in [7, 11) is 0. The molecule has 1 rings (SSSR count). The molecule has 0 aromatic heterocycles. The highest BCUT2D eigenvalue weighted by Crippen LogP contribution is 2.49. The molecular formula is C13H26S. The predicted octanol–water partition coefficient (Wildman–Crippen LogP) is 4.55. The van der Waals surface area contributed by atoms with E-state index in [9.17, 15) is 0 Å². The minimum Gasteiger partial charge on any atom is -0.179 e. The van der Waals surface area contributed by atoms with Gasteiger partial charge in [-0.15, -0.1) is 0 Å². The van der Waals surface area contributed by atoms with E-state index in [0.29, 0.717) is 5.41 Å². The van der Waals surface area contributed by atoms with Gasteiger partial charge >= 0.3 is 0 Å². The summed E-state index contributed by atoms with van der Waals surface area (Å²) in [5, 5.41) is 0. The van der Waals surface area contributed by atoms with Gasteiger partial charge in [0.2, 0.25) is 0 Å². The Kier molecular flexibility index (Phi) is 4.82. The van der Waals surface area contributed by atoms with Crippen LogP contribution in [0.2, 0.25) is 0 Å². The lowest BCUT2D eigenvalue weighted by atomic mass is 9.60. The molecule has 0 saturated heterocycles. The Morgan fingerprint density at radius 3 is 2.50 bits per heavy atom. The normalized spacial score (nSPS) is 38.6. The molecule has 0 aliphatic heterocycles. The second-order valence-electron chi connectivity index (χ2n) is 5.20. The average Bonchev–Trinajstić information content (AvgIpc) is 2.17. The first-order valence-electron chi connectivity index (χ1n) is 6.28. The van der Waals surface area contributed by atoms with Crippen LogP contribution in [0, 0.1) is 17.3 Å². The molecule has 0 spiro atoms. The van der Waals surface area contributed by atoms with Crippen LogP contribution in [-0.4, -0.2) is 5.75 Å². The number of thiol groups is 1. The van der Waals surface area contributed by atoms with Gasteiger partial charge in [-0.2, -0.15) is 12.6 Å². The maximum atomic E-state index is 4.42. The van der Waals surface area contributed by atoms with Crippen LogP contribution in [-0.2, 0) is 0 Å². The van der Waals surface area contributed by atoms with Crippen molar-refractivity contribution in [3.8, 4) is 0 Å². The minimum absolute atomic E-state index is 0.593. The van der Waals surface area contributed by atoms with Crippen LogP contribution in [0.15, 0.2) is 0 Å². The highest BCUT2D eigenvalue weighted by atomic mass is 32.1. The maximum absolute atomic E-state index is 4.42. The molecule has 1 heteroatoms. The molecule has 0 aromatic carbocycles. The van der Waals surface area contributed by atoms with E-state index in [0.717, 1.165) is 17.6 Å². The van der Waals surface area contributed by atoms with Gasteiger partial charge in [0.15, 0.2) is 0 Å². The fourth-order valence-electron chi connectivity index (χ4n) is 3.60. The van der Waals surface area contributed by atoms with E-state index >= 15 is 0 Å². The molecule has 1 saturated carbocycles. The summed E-state index contributed by atoms with van der Waals surface area (Å²) in [6.07, 6.45) is 8.40. The molecule has 0 radical (unpaired) electrons. The lowest BCUT2D eigenvalue weighted by Crippen LogP contribution is -2.37. The van der Waals surface area contributed by atoms with Crippen molar-refractivity contribution in [2.75, 3.05) is 5.75 Å². The summed E-state index contributed by atoms with van der Waals surface area (Å²) in [4.78, 5) is 0. The molecule has 1 aliphatic carbocycles. The zero-order valence-corrected chi connectivity index (χ0v) is 10.9. The molecule has 0 nitrogen and oxygen atoms in total. The van der Waals surface area contributed by atoms with Crippen LogP contribution >= 0.6 is 12.6 Å². The Balaban J connectivity index is 2.71. The van der Waals surface area contributed by atoms with Crippen molar-refractivity contribution in [2.45, 2.75) is 59.3 Å². The van der Waals surface area contributed by atoms with Crippen LogP contribution in [0.3, 0.4) is 0 Å². The maximum Gasteiger partial charge on any atom is -0.00926 e. The molecule has 84 valence electrons. The minimum atomic E-state index is 0.593. The van der Waals surface area contributed by atoms with Gasteiger partial charge in [-0.25, -0.2) is 0 Å². The summed E-state index contributed by atoms with van der Waals surface area (Å²) < 4.78 is 0. The van der Waals surface area contributed by atoms with Crippen molar-refractivity contribution in [1.29, 1.82) is 0 Å². The highest BCUT2D eigenvalue weighted by Gasteiger charge is 2.39. The molecular weight excluding hydrogens is 188 g/mol. The summed E-state index contributed by atoms with van der Waals surface area (Å²) in [5.74, 6) is 3.00. The van der Waals surface area contributed by atoms with Crippen molar-refractivity contribution in [3.63, 3.8) is 0 Å². The first-order valence-corrected chi connectivity index (χ1v) is 6.92. The fraction of sp³-hybridized carbons (Fsp3) is 1.00. The molecule has 0 amide bonds. The van der Waals surface area contributed by atoms with E-state index < -0.39 is 0 Å². The quantitative estimate of drug-likeness (QED) is 0.652. The Morgan fingerprint density at radius 1 is 1.29 bits per heavy atom. The summed E-state index contributed by atoms with van der Waals surface area (Å²) in [5.41, 5.74) is 0.593. The molecule has 3 atom stereocenters. The molecule has 0 N–H and O–H groups in total. The van der Waals surface area contributed by atoms with Crippen molar-refractivity contribution in [1.82, 2.24) is 0 Å². The predicted molar refractivity (Wildman–Crippen MR) is 68.0 cm³/mol. The lowest BCUT2D eigenvalue weighted by Gasteiger charge is -2.46. The van der Waals surface area contributed by atoms with Gasteiger partial charge in [-0.05, 0) is 35.8 Å². The molecule has 0 bridgehead atoms. The standard InChI is InChI=1S/C13H26S/c1-4-11-7-6-8-13(3,9-10-14)12(11)5-2/h11-12,14H,4-10H2,1-3H3. The van der Waals surface area contributed by atoms with Gasteiger partial charge in [0.25, 0.3) is 0 Å². The van der Waals surface area contributed by atoms with E-state index in [1.807, 2.05) is 0 Å². The fourth-order valence-corrected chi connectivity index (χ4v) is 4.12. The first kappa shape index (κ1) is 12.4. The molecule has 1 fully saturated rings. The van der Waals surface area contributed by atoms with Crippen LogP contribution < -0.4 is 0 Å². The number of hydrogen-bond acceptors (Lipinski definition) is 1. The summed E-state index contributed by atoms with van der Waals surface area (Å²) in [6, 6.07) is 0. The molecule has 3 unspecified atom stereocenters. The van der Waals surface area contributed by atoms with Gasteiger partial charge in [0, 0.05) is 0 Å².